The van der Waals surface area contributed by atoms with Crippen molar-refractivity contribution in [2.45, 2.75) is 24.3 Å². The van der Waals surface area contributed by atoms with E-state index < -0.39 is 0 Å². The maximum Gasteiger partial charge on any atom is 0.272 e. The molecular formula is C15H18Cl2N4OS. The molecule has 0 atom stereocenters. The first-order valence-electron chi connectivity index (χ1n) is 7.23. The van der Waals surface area contributed by atoms with Crippen molar-refractivity contribution in [2.75, 3.05) is 13.1 Å². The van der Waals surface area contributed by atoms with Crippen molar-refractivity contribution >= 4 is 54.2 Å². The number of hydrazine groups is 1. The minimum Gasteiger partial charge on any atom is -0.287 e. The minimum atomic E-state index is -0.0219. The van der Waals surface area contributed by atoms with Gasteiger partial charge >= 0.3 is 0 Å². The first-order valence-corrected chi connectivity index (χ1v) is 8.05. The van der Waals surface area contributed by atoms with Gasteiger partial charge < -0.3 is 0 Å². The number of thioether (sulfide) groups is 1. The maximum atomic E-state index is 12.4. The number of carbonyl (C=O) groups is 1. The van der Waals surface area contributed by atoms with Gasteiger partial charge in [-0.2, -0.15) is 0 Å². The molecule has 2 aromatic rings. The van der Waals surface area contributed by atoms with Crippen LogP contribution < -0.4 is 5.43 Å². The van der Waals surface area contributed by atoms with Crippen molar-refractivity contribution in [3.8, 4) is 0 Å². The van der Waals surface area contributed by atoms with Crippen LogP contribution in [0, 0.1) is 0 Å². The zero-order valence-corrected chi connectivity index (χ0v) is 14.8. The predicted molar refractivity (Wildman–Crippen MR) is 97.1 cm³/mol. The zero-order valence-electron chi connectivity index (χ0n) is 12.4. The van der Waals surface area contributed by atoms with Gasteiger partial charge in [0.05, 0.1) is 21.8 Å². The third-order valence-electron chi connectivity index (χ3n) is 3.85. The summed E-state index contributed by atoms with van der Waals surface area (Å²) in [4.78, 5) is 17.5. The van der Waals surface area contributed by atoms with Gasteiger partial charge in [-0.05, 0) is 31.1 Å². The molecule has 0 saturated carbocycles. The van der Waals surface area contributed by atoms with Crippen LogP contribution in [-0.2, 0) is 4.79 Å². The van der Waals surface area contributed by atoms with Crippen LogP contribution in [0.4, 0.5) is 0 Å². The lowest BCUT2D eigenvalue weighted by molar-refractivity contribution is -0.121. The summed E-state index contributed by atoms with van der Waals surface area (Å²) in [6.45, 7) is 1.88. The van der Waals surface area contributed by atoms with E-state index in [9.17, 15) is 4.79 Å². The first-order chi connectivity index (χ1) is 10.3. The molecular weight excluding hydrogens is 355 g/mol. The number of hydrogen-bond donors (Lipinski definition) is 1. The van der Waals surface area contributed by atoms with Crippen molar-refractivity contribution in [2.24, 2.45) is 0 Å². The number of imidazole rings is 1. The van der Waals surface area contributed by atoms with Crippen LogP contribution in [0.1, 0.15) is 25.0 Å². The topological polar surface area (TPSA) is 49.6 Å². The van der Waals surface area contributed by atoms with Gasteiger partial charge in [-0.1, -0.05) is 24.2 Å². The Balaban J connectivity index is 0.000000960. The van der Waals surface area contributed by atoms with Gasteiger partial charge in [0.1, 0.15) is 5.65 Å². The normalized spacial score (nSPS) is 17.0. The minimum absolute atomic E-state index is 0. The highest BCUT2D eigenvalue weighted by atomic mass is 35.5. The van der Waals surface area contributed by atoms with Crippen molar-refractivity contribution in [1.82, 2.24) is 19.8 Å². The molecule has 1 saturated heterocycles. The number of aromatic nitrogens is 2. The fourth-order valence-electron chi connectivity index (χ4n) is 2.80. The SMILES string of the molecule is Cl.Cl.O=C(NN1CCCCC1)C1=Cc2cnc3cccc(n23)S1. The lowest BCUT2D eigenvalue weighted by Gasteiger charge is -2.27. The molecule has 0 unspecified atom stereocenters. The highest BCUT2D eigenvalue weighted by Gasteiger charge is 2.21. The molecule has 2 aliphatic rings. The van der Waals surface area contributed by atoms with Crippen LogP contribution in [0.2, 0.25) is 0 Å². The van der Waals surface area contributed by atoms with Crippen molar-refractivity contribution < 1.29 is 4.79 Å². The summed E-state index contributed by atoms with van der Waals surface area (Å²) in [5.41, 5.74) is 4.90. The summed E-state index contributed by atoms with van der Waals surface area (Å²) >= 11 is 1.50. The molecule has 0 bridgehead atoms. The smallest absolute Gasteiger partial charge is 0.272 e. The van der Waals surface area contributed by atoms with Gasteiger partial charge in [-0.15, -0.1) is 24.8 Å². The van der Waals surface area contributed by atoms with Gasteiger partial charge in [-0.3, -0.25) is 14.6 Å². The Morgan fingerprint density at radius 1 is 1.17 bits per heavy atom. The van der Waals surface area contributed by atoms with E-state index in [0.717, 1.165) is 47.2 Å². The summed E-state index contributed by atoms with van der Waals surface area (Å²) in [5.74, 6) is -0.0219. The molecule has 8 heteroatoms. The third kappa shape index (κ3) is 3.50. The van der Waals surface area contributed by atoms with Crippen molar-refractivity contribution in [3.63, 3.8) is 0 Å². The Morgan fingerprint density at radius 2 is 1.96 bits per heavy atom. The molecule has 0 spiro atoms. The second-order valence-electron chi connectivity index (χ2n) is 5.34. The molecule has 0 radical (unpaired) electrons. The van der Waals surface area contributed by atoms with Crippen LogP contribution in [0.5, 0.6) is 0 Å². The highest BCUT2D eigenvalue weighted by molar-refractivity contribution is 8.04. The number of nitrogens with zero attached hydrogens (tertiary/aromatic N) is 3. The molecule has 4 rings (SSSR count). The Kier molecular flexibility index (Phi) is 5.97. The maximum absolute atomic E-state index is 12.4. The molecule has 23 heavy (non-hydrogen) atoms. The van der Waals surface area contributed by atoms with E-state index in [-0.39, 0.29) is 30.7 Å². The number of rotatable bonds is 2. The van der Waals surface area contributed by atoms with Crippen LogP contribution in [-0.4, -0.2) is 33.4 Å². The third-order valence-corrected chi connectivity index (χ3v) is 4.90. The molecule has 124 valence electrons. The fourth-order valence-corrected chi connectivity index (χ4v) is 3.78. The Labute approximate surface area is 151 Å². The van der Waals surface area contributed by atoms with Crippen molar-refractivity contribution in [3.05, 3.63) is 35.0 Å². The van der Waals surface area contributed by atoms with Crippen LogP contribution >= 0.6 is 36.6 Å². The quantitative estimate of drug-likeness (QED) is 0.879. The number of amides is 1. The summed E-state index contributed by atoms with van der Waals surface area (Å²) in [5, 5.41) is 3.06. The zero-order chi connectivity index (χ0) is 14.2. The van der Waals surface area contributed by atoms with E-state index >= 15 is 0 Å². The van der Waals surface area contributed by atoms with Gasteiger partial charge in [0.15, 0.2) is 0 Å². The summed E-state index contributed by atoms with van der Waals surface area (Å²) in [6.07, 6.45) is 7.28. The Hall–Kier alpha value is -1.21. The number of pyridine rings is 1. The average molecular weight is 373 g/mol. The molecule has 5 nitrogen and oxygen atoms in total. The summed E-state index contributed by atoms with van der Waals surface area (Å²) in [6, 6.07) is 5.96. The number of carbonyl (C=O) groups excluding carboxylic acids is 1. The van der Waals surface area contributed by atoms with Gasteiger partial charge in [0.2, 0.25) is 0 Å². The largest absolute Gasteiger partial charge is 0.287 e. The van der Waals surface area contributed by atoms with E-state index in [0.29, 0.717) is 0 Å². The van der Waals surface area contributed by atoms with Crippen LogP contribution in [0.25, 0.3) is 11.7 Å². The lowest BCUT2D eigenvalue weighted by Crippen LogP contribution is -2.45. The van der Waals surface area contributed by atoms with Gasteiger partial charge in [0.25, 0.3) is 5.91 Å². The first kappa shape index (κ1) is 18.1. The van der Waals surface area contributed by atoms with Crippen LogP contribution in [0.15, 0.2) is 34.3 Å². The molecule has 0 aromatic carbocycles. The monoisotopic (exact) mass is 372 g/mol. The summed E-state index contributed by atoms with van der Waals surface area (Å²) < 4.78 is 2.07. The molecule has 2 aliphatic heterocycles. The molecule has 2 aromatic heterocycles. The summed E-state index contributed by atoms with van der Waals surface area (Å²) in [7, 11) is 0. The molecule has 1 fully saturated rings. The van der Waals surface area contributed by atoms with Crippen molar-refractivity contribution in [1.29, 1.82) is 0 Å². The number of hydrogen-bond acceptors (Lipinski definition) is 4. The molecule has 1 N–H and O–H groups in total. The predicted octanol–water partition coefficient (Wildman–Crippen LogP) is 3.14. The number of nitrogens with one attached hydrogen (secondary N) is 1. The van der Waals surface area contributed by atoms with Gasteiger partial charge in [0, 0.05) is 13.1 Å². The standard InChI is InChI=1S/C15H16N4OS.2ClH/c20-15(17-18-7-2-1-3-8-18)12-9-11-10-16-13-5-4-6-14(21-12)19(11)13;;/h4-6,9-10H,1-3,7-8H2,(H,17,20);2*1H. The second-order valence-corrected chi connectivity index (χ2v) is 6.40. The highest BCUT2D eigenvalue weighted by Crippen LogP contribution is 2.34. The van der Waals surface area contributed by atoms with E-state index in [1.807, 2.05) is 35.5 Å². The molecule has 0 aliphatic carbocycles. The number of halogens is 2. The molecule has 1 amide bonds. The lowest BCUT2D eigenvalue weighted by atomic mass is 10.2. The van der Waals surface area contributed by atoms with Gasteiger partial charge in [-0.25, -0.2) is 9.99 Å². The Morgan fingerprint density at radius 3 is 2.74 bits per heavy atom. The molecule has 4 heterocycles. The second kappa shape index (κ2) is 7.57. The fraction of sp³-hybridized carbons (Fsp3) is 0.333. The average Bonchev–Trinajstić information content (AvgIpc) is 2.93. The van der Waals surface area contributed by atoms with E-state index in [2.05, 4.69) is 14.8 Å². The van der Waals surface area contributed by atoms with E-state index in [1.54, 1.807) is 0 Å². The Bertz CT molecular complexity index is 740. The van der Waals surface area contributed by atoms with Crippen LogP contribution in [0.3, 0.4) is 0 Å². The number of piperidine rings is 1. The van der Waals surface area contributed by atoms with E-state index in [4.69, 9.17) is 0 Å². The van der Waals surface area contributed by atoms with E-state index in [1.165, 1.54) is 18.2 Å².